The smallest absolute Gasteiger partial charge is 0.229 e. The first-order valence-electron chi connectivity index (χ1n) is 10.1. The molecule has 0 radical (unpaired) electrons. The van der Waals surface area contributed by atoms with Gasteiger partial charge in [0, 0.05) is 12.1 Å². The van der Waals surface area contributed by atoms with E-state index in [1.54, 1.807) is 0 Å². The van der Waals surface area contributed by atoms with Gasteiger partial charge >= 0.3 is 0 Å². The lowest BCUT2D eigenvalue weighted by Gasteiger charge is -2.39. The molecular weight excluding hydrogens is 456 g/mol. The first-order valence-corrected chi connectivity index (χ1v) is 10.1. The number of hydrogen-bond donors (Lipinski definition) is 5. The van der Waals surface area contributed by atoms with Gasteiger partial charge in [0.15, 0.2) is 23.0 Å². The van der Waals surface area contributed by atoms with Crippen molar-refractivity contribution in [2.24, 2.45) is 0 Å². The Labute approximate surface area is 192 Å². The van der Waals surface area contributed by atoms with Crippen LogP contribution in [-0.2, 0) is 4.74 Å². The van der Waals surface area contributed by atoms with Crippen LogP contribution >= 0.6 is 0 Å². The summed E-state index contributed by atoms with van der Waals surface area (Å²) < 4.78 is 32.4. The maximum atomic E-state index is 13.3. The Kier molecular flexibility index (Phi) is 6.43. The Morgan fingerprint density at radius 3 is 2.12 bits per heavy atom. The summed E-state index contributed by atoms with van der Waals surface area (Å²) in [6, 6.07) is 4.17. The van der Waals surface area contributed by atoms with Crippen LogP contribution in [0, 0.1) is 0 Å². The molecule has 0 aliphatic carbocycles. The molecule has 2 heterocycles. The number of phenols is 1. The third kappa shape index (κ3) is 3.75. The summed E-state index contributed by atoms with van der Waals surface area (Å²) in [5.74, 6) is -0.531. The van der Waals surface area contributed by atoms with E-state index in [2.05, 4.69) is 0 Å². The second-order valence-corrected chi connectivity index (χ2v) is 7.58. The molecule has 0 spiro atoms. The van der Waals surface area contributed by atoms with E-state index < -0.39 is 48.5 Å². The van der Waals surface area contributed by atoms with Crippen LogP contribution < -0.4 is 24.4 Å². The second kappa shape index (κ2) is 9.16. The summed E-state index contributed by atoms with van der Waals surface area (Å²) in [5, 5.41) is 50.4. The summed E-state index contributed by atoms with van der Waals surface area (Å²) in [6.45, 7) is -0.674. The number of aliphatic hydroxyl groups is 4. The molecule has 12 heteroatoms. The predicted octanol–water partition coefficient (Wildman–Crippen LogP) is -0.144. The lowest BCUT2D eigenvalue weighted by atomic mass is 9.99. The van der Waals surface area contributed by atoms with Gasteiger partial charge in [-0.15, -0.1) is 0 Å². The van der Waals surface area contributed by atoms with Gasteiger partial charge in [-0.25, -0.2) is 0 Å². The lowest BCUT2D eigenvalue weighted by Crippen LogP contribution is -2.60. The molecule has 1 saturated heterocycles. The van der Waals surface area contributed by atoms with Gasteiger partial charge in [-0.3, -0.25) is 4.79 Å². The van der Waals surface area contributed by atoms with Crippen LogP contribution in [-0.4, -0.2) is 84.2 Å². The van der Waals surface area contributed by atoms with Gasteiger partial charge in [-0.1, -0.05) is 0 Å². The highest BCUT2D eigenvalue weighted by molar-refractivity contribution is 5.96. The molecule has 0 saturated carbocycles. The summed E-state index contributed by atoms with van der Waals surface area (Å²) in [4.78, 5) is 13.3. The molecular formula is C22H24O12. The molecule has 12 nitrogen and oxygen atoms in total. The molecule has 1 aliphatic rings. The van der Waals surface area contributed by atoms with Crippen molar-refractivity contribution in [3.63, 3.8) is 0 Å². The summed E-state index contributed by atoms with van der Waals surface area (Å²) in [7, 11) is 4.11. The Hall–Kier alpha value is -3.29. The average Bonchev–Trinajstić information content (AvgIpc) is 2.84. The van der Waals surface area contributed by atoms with Gasteiger partial charge in [-0.05, 0) is 6.07 Å². The number of phenolic OH excluding ortho intramolecular Hbond substituents is 1. The number of fused-ring (bicyclic) bond motifs is 2. The van der Waals surface area contributed by atoms with Gasteiger partial charge in [0.2, 0.25) is 17.5 Å². The van der Waals surface area contributed by atoms with Crippen LogP contribution in [0.2, 0.25) is 0 Å². The molecule has 3 aromatic rings. The van der Waals surface area contributed by atoms with E-state index in [0.29, 0.717) is 5.75 Å². The molecule has 5 atom stereocenters. The van der Waals surface area contributed by atoms with E-state index in [-0.39, 0.29) is 39.2 Å². The van der Waals surface area contributed by atoms with Crippen LogP contribution in [0.3, 0.4) is 0 Å². The van der Waals surface area contributed by atoms with Crippen molar-refractivity contribution in [2.75, 3.05) is 27.9 Å². The molecule has 4 rings (SSSR count). The van der Waals surface area contributed by atoms with Crippen molar-refractivity contribution in [1.82, 2.24) is 0 Å². The zero-order chi connectivity index (χ0) is 24.7. The Balaban J connectivity index is 1.87. The molecule has 0 amide bonds. The number of aliphatic hydroxyl groups excluding tert-OH is 4. The average molecular weight is 480 g/mol. The number of methoxy groups -OCH3 is 3. The minimum absolute atomic E-state index is 0.0276. The largest absolute Gasteiger partial charge is 0.504 e. The van der Waals surface area contributed by atoms with Crippen LogP contribution in [0.25, 0.3) is 21.9 Å². The lowest BCUT2D eigenvalue weighted by molar-refractivity contribution is -0.277. The monoisotopic (exact) mass is 480 g/mol. The highest BCUT2D eigenvalue weighted by Crippen LogP contribution is 2.44. The van der Waals surface area contributed by atoms with Crippen molar-refractivity contribution in [2.45, 2.75) is 30.7 Å². The highest BCUT2D eigenvalue weighted by atomic mass is 16.7. The topological polar surface area (TPSA) is 178 Å². The highest BCUT2D eigenvalue weighted by Gasteiger charge is 2.45. The van der Waals surface area contributed by atoms with E-state index in [1.807, 2.05) is 0 Å². The molecule has 2 aromatic carbocycles. The molecule has 1 fully saturated rings. The third-order valence-electron chi connectivity index (χ3n) is 5.66. The number of rotatable bonds is 6. The van der Waals surface area contributed by atoms with Crippen molar-refractivity contribution >= 4 is 21.9 Å². The Morgan fingerprint density at radius 2 is 1.50 bits per heavy atom. The van der Waals surface area contributed by atoms with Crippen molar-refractivity contribution < 1.29 is 53.6 Å². The first-order chi connectivity index (χ1) is 16.2. The van der Waals surface area contributed by atoms with Crippen LogP contribution in [0.4, 0.5) is 0 Å². The summed E-state index contributed by atoms with van der Waals surface area (Å²) in [5.41, 5.74) is -0.476. The third-order valence-corrected chi connectivity index (χ3v) is 5.66. The fourth-order valence-corrected chi connectivity index (χ4v) is 3.83. The van der Waals surface area contributed by atoms with E-state index in [4.69, 9.17) is 28.1 Å². The number of ether oxygens (including phenoxy) is 5. The van der Waals surface area contributed by atoms with Gasteiger partial charge in [0.25, 0.3) is 0 Å². The summed E-state index contributed by atoms with van der Waals surface area (Å²) in [6.07, 6.45) is -7.92. The van der Waals surface area contributed by atoms with Gasteiger partial charge in [0.1, 0.15) is 41.0 Å². The van der Waals surface area contributed by atoms with Crippen LogP contribution in [0.1, 0.15) is 0 Å². The maximum Gasteiger partial charge on any atom is 0.229 e. The SMILES string of the molecule is COc1cc2oc3cc(OC)c(O[C@@H]4O[C@H](CO)[C@@H](O)[C@H](O)[C@H]4O)c(O)c3c(=O)c2cc1OC. The van der Waals surface area contributed by atoms with E-state index in [1.165, 1.54) is 39.5 Å². The van der Waals surface area contributed by atoms with Crippen LogP contribution in [0.5, 0.6) is 28.7 Å². The molecule has 1 aliphatic heterocycles. The van der Waals surface area contributed by atoms with Crippen LogP contribution in [0.15, 0.2) is 27.4 Å². The van der Waals surface area contributed by atoms with E-state index in [0.717, 1.165) is 0 Å². The molecule has 184 valence electrons. The standard InChI is InChI=1S/C22H24O12/c1-29-10-4-8-9(5-11(10)30-2)32-12-6-13(31-3)21(18(26)15(12)16(8)24)34-22-20(28)19(27)17(25)14(7-23)33-22/h4-6,14,17,19-20,22-23,25-28H,7H2,1-3H3/t14-,17-,19+,20-,22+/m1/s1. The predicted molar refractivity (Wildman–Crippen MR) is 116 cm³/mol. The fraction of sp³-hybridized carbons (Fsp3) is 0.409. The van der Waals surface area contributed by atoms with Crippen molar-refractivity contribution in [1.29, 1.82) is 0 Å². The summed E-state index contributed by atoms with van der Waals surface area (Å²) >= 11 is 0. The molecule has 0 unspecified atom stereocenters. The van der Waals surface area contributed by atoms with Gasteiger partial charge in [0.05, 0.1) is 33.3 Å². The minimum Gasteiger partial charge on any atom is -0.504 e. The minimum atomic E-state index is -1.75. The maximum absolute atomic E-state index is 13.3. The van der Waals surface area contributed by atoms with Crippen molar-refractivity contribution in [3.05, 3.63) is 28.4 Å². The molecule has 1 aromatic heterocycles. The molecule has 5 N–H and O–H groups in total. The molecule has 34 heavy (non-hydrogen) atoms. The Morgan fingerprint density at radius 1 is 0.882 bits per heavy atom. The Bertz CT molecular complexity index is 1270. The second-order valence-electron chi connectivity index (χ2n) is 7.58. The zero-order valence-electron chi connectivity index (χ0n) is 18.4. The van der Waals surface area contributed by atoms with E-state index >= 15 is 0 Å². The van der Waals surface area contributed by atoms with Gasteiger partial charge < -0.3 is 53.6 Å². The molecule has 0 bridgehead atoms. The number of benzene rings is 2. The number of hydrogen-bond acceptors (Lipinski definition) is 12. The van der Waals surface area contributed by atoms with Crippen molar-refractivity contribution in [3.8, 4) is 28.7 Å². The first kappa shape index (κ1) is 23.9. The number of aromatic hydroxyl groups is 1. The normalized spacial score (nSPS) is 24.9. The quantitative estimate of drug-likeness (QED) is 0.295. The zero-order valence-corrected chi connectivity index (χ0v) is 18.4. The van der Waals surface area contributed by atoms with Gasteiger partial charge in [-0.2, -0.15) is 0 Å². The van der Waals surface area contributed by atoms with E-state index in [9.17, 15) is 30.3 Å². The fourth-order valence-electron chi connectivity index (χ4n) is 3.83.